The maximum atomic E-state index is 2.70. The number of rotatable bonds is 2. The number of aryl methyl sites for hydroxylation is 1. The second-order valence-corrected chi connectivity index (χ2v) is 9.58. The minimum Gasteiger partial charge on any atom is -0.217 e. The van der Waals surface area contributed by atoms with Crippen molar-refractivity contribution in [2.45, 2.75) is 71.3 Å². The van der Waals surface area contributed by atoms with Crippen molar-refractivity contribution in [1.82, 2.24) is 4.40 Å². The lowest BCUT2D eigenvalue weighted by Gasteiger charge is -2.28. The second-order valence-electron chi connectivity index (χ2n) is 9.58. The van der Waals surface area contributed by atoms with Crippen LogP contribution in [0.15, 0.2) is 48.7 Å². The Kier molecular flexibility index (Phi) is 3.69. The number of para-hydroxylation sites is 2. The fraction of sp³-hybridized carbons (Fsp3) is 0.423. The van der Waals surface area contributed by atoms with E-state index in [1.54, 1.807) is 0 Å². The zero-order chi connectivity index (χ0) is 19.7. The minimum atomic E-state index is 0.0991. The average molecular weight is 372 g/mol. The van der Waals surface area contributed by atoms with Crippen LogP contribution in [0.2, 0.25) is 0 Å². The summed E-state index contributed by atoms with van der Waals surface area (Å²) in [7, 11) is 0. The predicted molar refractivity (Wildman–Crippen MR) is 118 cm³/mol. The Balaban J connectivity index is 2.13. The van der Waals surface area contributed by atoms with Crippen molar-refractivity contribution >= 4 is 27.5 Å². The van der Waals surface area contributed by atoms with E-state index < -0.39 is 0 Å². The van der Waals surface area contributed by atoms with Gasteiger partial charge in [-0.3, -0.25) is 0 Å². The molecule has 0 N–H and O–H groups in total. The lowest BCUT2D eigenvalue weighted by molar-refractivity contribution is -0.721. The molecule has 0 fully saturated rings. The Hall–Kier alpha value is -2.35. The summed E-state index contributed by atoms with van der Waals surface area (Å²) in [5, 5.41) is 2.90. The first-order valence-corrected chi connectivity index (χ1v) is 10.8. The Morgan fingerprint density at radius 1 is 1.00 bits per heavy atom. The lowest BCUT2D eigenvalue weighted by atomic mass is 9.83. The molecule has 5 rings (SSSR count). The maximum absolute atomic E-state index is 2.70. The van der Waals surface area contributed by atoms with Gasteiger partial charge in [0.15, 0.2) is 11.0 Å². The van der Waals surface area contributed by atoms with E-state index in [1.165, 1.54) is 45.0 Å². The van der Waals surface area contributed by atoms with Crippen LogP contribution in [0.5, 0.6) is 0 Å². The molecular weight excluding hydrogens is 340 g/mol. The summed E-state index contributed by atoms with van der Waals surface area (Å²) in [6.45, 7) is 11.7. The highest BCUT2D eigenvalue weighted by atomic mass is 15.2. The molecule has 4 aromatic rings. The summed E-state index contributed by atoms with van der Waals surface area (Å²) in [4.78, 5) is 0. The van der Waals surface area contributed by atoms with Gasteiger partial charge in [0, 0.05) is 5.56 Å². The number of aromatic nitrogens is 2. The van der Waals surface area contributed by atoms with E-state index in [0.29, 0.717) is 0 Å². The van der Waals surface area contributed by atoms with Gasteiger partial charge in [0.05, 0.1) is 5.39 Å². The topological polar surface area (TPSA) is 8.29 Å². The zero-order valence-corrected chi connectivity index (χ0v) is 17.8. The van der Waals surface area contributed by atoms with E-state index in [0.717, 1.165) is 19.3 Å². The van der Waals surface area contributed by atoms with Crippen molar-refractivity contribution in [1.29, 1.82) is 0 Å². The van der Waals surface area contributed by atoms with Gasteiger partial charge in [-0.1, -0.05) is 65.0 Å². The summed E-state index contributed by atoms with van der Waals surface area (Å²) >= 11 is 0. The first-order valence-electron chi connectivity index (χ1n) is 10.8. The van der Waals surface area contributed by atoms with Crippen LogP contribution in [0, 0.1) is 0 Å². The van der Waals surface area contributed by atoms with Crippen LogP contribution in [0.4, 0.5) is 0 Å². The Morgan fingerprint density at radius 3 is 2.46 bits per heavy atom. The smallest absolute Gasteiger partial charge is 0.217 e. The van der Waals surface area contributed by atoms with E-state index in [2.05, 4.69) is 92.2 Å². The standard InChI is InChI=1S/C26H31N2/c1-6-26(7-2)16-15-18-11-10-12-19-20(25(3,4)5)17-27-21-13-8-9-14-22(21)28(26)24(27)23(18)19/h8-14,17H,6-7,15-16H2,1-5H3/q+1. The molecule has 1 aliphatic rings. The van der Waals surface area contributed by atoms with Crippen molar-refractivity contribution in [3.8, 4) is 0 Å². The van der Waals surface area contributed by atoms with Gasteiger partial charge in [-0.25, -0.2) is 4.57 Å². The van der Waals surface area contributed by atoms with Gasteiger partial charge in [-0.2, -0.15) is 4.40 Å². The number of imidazole rings is 1. The molecule has 0 atom stereocenters. The van der Waals surface area contributed by atoms with Gasteiger partial charge < -0.3 is 0 Å². The molecule has 0 radical (unpaired) electrons. The van der Waals surface area contributed by atoms with Crippen molar-refractivity contribution in [2.24, 2.45) is 0 Å². The van der Waals surface area contributed by atoms with Crippen LogP contribution in [0.3, 0.4) is 0 Å². The summed E-state index contributed by atoms with van der Waals surface area (Å²) in [5.41, 5.74) is 7.30. The second kappa shape index (κ2) is 5.83. The summed E-state index contributed by atoms with van der Waals surface area (Å²) in [6.07, 6.45) is 7.09. The van der Waals surface area contributed by atoms with Gasteiger partial charge in [0.25, 0.3) is 5.65 Å². The predicted octanol–water partition coefficient (Wildman–Crippen LogP) is 6.29. The molecule has 0 unspecified atom stereocenters. The highest BCUT2D eigenvalue weighted by Crippen LogP contribution is 2.40. The number of fused-ring (bicyclic) bond motifs is 3. The Labute approximate surface area is 167 Å². The molecule has 1 aliphatic heterocycles. The zero-order valence-electron chi connectivity index (χ0n) is 17.8. The van der Waals surface area contributed by atoms with E-state index in [9.17, 15) is 0 Å². The average Bonchev–Trinajstić information content (AvgIpc) is 2.94. The van der Waals surface area contributed by atoms with Crippen LogP contribution in [0.25, 0.3) is 27.5 Å². The van der Waals surface area contributed by atoms with Gasteiger partial charge in [0.1, 0.15) is 11.7 Å². The quantitative estimate of drug-likeness (QED) is 0.366. The van der Waals surface area contributed by atoms with E-state index in [-0.39, 0.29) is 11.0 Å². The molecule has 0 bridgehead atoms. The minimum absolute atomic E-state index is 0.0991. The Morgan fingerprint density at radius 2 is 1.75 bits per heavy atom. The third kappa shape index (κ3) is 2.18. The van der Waals surface area contributed by atoms with E-state index in [4.69, 9.17) is 0 Å². The number of hydrogen-bond acceptors (Lipinski definition) is 0. The third-order valence-corrected chi connectivity index (χ3v) is 7.20. The molecule has 2 aromatic heterocycles. The number of pyridine rings is 1. The maximum Gasteiger partial charge on any atom is 0.295 e. The number of benzene rings is 2. The van der Waals surface area contributed by atoms with Crippen molar-refractivity contribution in [3.05, 3.63) is 59.8 Å². The molecule has 144 valence electrons. The lowest BCUT2D eigenvalue weighted by Crippen LogP contribution is -2.55. The molecule has 0 saturated heterocycles. The van der Waals surface area contributed by atoms with Gasteiger partial charge in [-0.05, 0) is 54.2 Å². The molecule has 0 spiro atoms. The van der Waals surface area contributed by atoms with E-state index in [1.807, 2.05) is 0 Å². The molecule has 28 heavy (non-hydrogen) atoms. The fourth-order valence-corrected chi connectivity index (χ4v) is 5.53. The normalized spacial score (nSPS) is 16.3. The first-order chi connectivity index (χ1) is 13.4. The summed E-state index contributed by atoms with van der Waals surface area (Å²) in [6, 6.07) is 15.9. The molecule has 2 nitrogen and oxygen atoms in total. The number of nitrogens with zero attached hydrogens (tertiary/aromatic N) is 2. The van der Waals surface area contributed by atoms with Crippen molar-refractivity contribution < 1.29 is 4.57 Å². The van der Waals surface area contributed by atoms with Crippen LogP contribution < -0.4 is 4.57 Å². The largest absolute Gasteiger partial charge is 0.295 e. The highest BCUT2D eigenvalue weighted by molar-refractivity contribution is 6.00. The van der Waals surface area contributed by atoms with Crippen LogP contribution in [-0.4, -0.2) is 4.40 Å². The van der Waals surface area contributed by atoms with Gasteiger partial charge in [-0.15, -0.1) is 0 Å². The van der Waals surface area contributed by atoms with Crippen molar-refractivity contribution in [3.63, 3.8) is 0 Å². The molecule has 0 aliphatic carbocycles. The summed E-state index contributed by atoms with van der Waals surface area (Å²) < 4.78 is 5.20. The molecule has 0 amide bonds. The Bertz CT molecular complexity index is 1220. The first kappa shape index (κ1) is 17.7. The van der Waals surface area contributed by atoms with Crippen LogP contribution in [-0.2, 0) is 17.4 Å². The molecular formula is C26H31N2+. The fourth-order valence-electron chi connectivity index (χ4n) is 5.53. The third-order valence-electron chi connectivity index (χ3n) is 7.20. The molecule has 2 heteroatoms. The SMILES string of the molecule is CCC1(CC)CCc2cccc3c(C(C)(C)C)cn4c5ccccc5[n+]1c4c23. The van der Waals surface area contributed by atoms with Crippen LogP contribution in [0.1, 0.15) is 65.0 Å². The highest BCUT2D eigenvalue weighted by Gasteiger charge is 2.41. The number of hydrogen-bond donors (Lipinski definition) is 0. The van der Waals surface area contributed by atoms with Crippen LogP contribution >= 0.6 is 0 Å². The molecule has 0 saturated carbocycles. The molecule has 2 aromatic carbocycles. The van der Waals surface area contributed by atoms with E-state index >= 15 is 0 Å². The monoisotopic (exact) mass is 371 g/mol. The van der Waals surface area contributed by atoms with Gasteiger partial charge in [0.2, 0.25) is 0 Å². The molecule has 3 heterocycles. The van der Waals surface area contributed by atoms with Gasteiger partial charge >= 0.3 is 0 Å². The van der Waals surface area contributed by atoms with Crippen molar-refractivity contribution in [2.75, 3.05) is 0 Å². The summed E-state index contributed by atoms with van der Waals surface area (Å²) in [5.74, 6) is 0.